The molecule has 4 nitrogen and oxygen atoms in total. The third kappa shape index (κ3) is 4.14. The lowest BCUT2D eigenvalue weighted by Crippen LogP contribution is -2.41. The topological polar surface area (TPSA) is 55.6 Å². The summed E-state index contributed by atoms with van der Waals surface area (Å²) in [4.78, 5) is 14.3. The Bertz CT molecular complexity index is 742. The molecule has 2 aromatic rings. The first kappa shape index (κ1) is 17.4. The molecule has 0 saturated carbocycles. The second-order valence-electron chi connectivity index (χ2n) is 6.09. The van der Waals surface area contributed by atoms with E-state index in [2.05, 4.69) is 0 Å². The number of carbonyl (C=O) groups excluding carboxylic acids is 1. The molecule has 1 amide bonds. The molecule has 0 aliphatic carbocycles. The van der Waals surface area contributed by atoms with Crippen molar-refractivity contribution in [3.05, 3.63) is 65.2 Å². The number of hydrogen-bond donors (Lipinski definition) is 1. The fourth-order valence-electron chi connectivity index (χ4n) is 2.89. The van der Waals surface area contributed by atoms with Crippen molar-refractivity contribution in [2.45, 2.75) is 25.5 Å². The van der Waals surface area contributed by atoms with E-state index in [1.807, 2.05) is 12.1 Å². The molecule has 1 heterocycles. The first-order chi connectivity index (χ1) is 12.1. The van der Waals surface area contributed by atoms with Crippen molar-refractivity contribution >= 4 is 5.91 Å². The Kier molecular flexibility index (Phi) is 5.28. The molecule has 1 aliphatic heterocycles. The molecule has 0 spiro atoms. The lowest BCUT2D eigenvalue weighted by Gasteiger charge is -2.32. The number of halogens is 2. The van der Waals surface area contributed by atoms with Crippen LogP contribution in [0.2, 0.25) is 0 Å². The van der Waals surface area contributed by atoms with E-state index in [9.17, 15) is 13.6 Å². The molecular weight excluding hydrogens is 326 g/mol. The van der Waals surface area contributed by atoms with Gasteiger partial charge in [-0.05, 0) is 29.8 Å². The molecule has 0 radical (unpaired) electrons. The Labute approximate surface area is 145 Å². The second kappa shape index (κ2) is 7.61. The van der Waals surface area contributed by atoms with Gasteiger partial charge in [0.05, 0.1) is 0 Å². The molecule has 0 aromatic heterocycles. The molecule has 1 fully saturated rings. The first-order valence-corrected chi connectivity index (χ1v) is 8.27. The summed E-state index contributed by atoms with van der Waals surface area (Å²) >= 11 is 0. The van der Waals surface area contributed by atoms with Crippen LogP contribution in [-0.4, -0.2) is 30.0 Å². The lowest BCUT2D eigenvalue weighted by atomic mass is 10.1. The molecule has 1 saturated heterocycles. The number of nitrogens with two attached hydrogens (primary N) is 1. The highest BCUT2D eigenvalue weighted by molar-refractivity contribution is 5.94. The van der Waals surface area contributed by atoms with Crippen molar-refractivity contribution in [1.82, 2.24) is 4.90 Å². The van der Waals surface area contributed by atoms with E-state index in [-0.39, 0.29) is 17.8 Å². The van der Waals surface area contributed by atoms with Gasteiger partial charge in [-0.1, -0.05) is 12.1 Å². The molecule has 25 heavy (non-hydrogen) atoms. The Morgan fingerprint density at radius 2 is 1.80 bits per heavy atom. The highest BCUT2D eigenvalue weighted by atomic mass is 19.1. The van der Waals surface area contributed by atoms with Crippen LogP contribution in [-0.2, 0) is 6.54 Å². The minimum atomic E-state index is -0.710. The molecule has 132 valence electrons. The van der Waals surface area contributed by atoms with Gasteiger partial charge in [-0.3, -0.25) is 4.79 Å². The van der Waals surface area contributed by atoms with Crippen LogP contribution in [0.1, 0.15) is 28.8 Å². The van der Waals surface area contributed by atoms with Crippen molar-refractivity contribution in [2.75, 3.05) is 13.1 Å². The summed E-state index contributed by atoms with van der Waals surface area (Å²) in [6.07, 6.45) is 1.01. The predicted octanol–water partition coefficient (Wildman–Crippen LogP) is 3.11. The molecule has 2 N–H and O–H groups in total. The maximum absolute atomic E-state index is 13.7. The number of ether oxygens (including phenoxy) is 1. The standard InChI is InChI=1S/C19H20F2N2O2/c20-15-5-6-18(17(21)11-15)25-16-7-9-23(10-8-16)19(24)14-3-1-13(12-22)2-4-14/h1-6,11,16H,7-10,12,22H2. The Morgan fingerprint density at radius 1 is 1.12 bits per heavy atom. The fraction of sp³-hybridized carbons (Fsp3) is 0.316. The highest BCUT2D eigenvalue weighted by Gasteiger charge is 2.25. The van der Waals surface area contributed by atoms with Crippen molar-refractivity contribution in [3.8, 4) is 5.75 Å². The number of amides is 1. The zero-order valence-electron chi connectivity index (χ0n) is 13.8. The molecule has 2 aromatic carbocycles. The molecule has 1 aliphatic rings. The normalized spacial score (nSPS) is 15.2. The Balaban J connectivity index is 1.56. The van der Waals surface area contributed by atoms with E-state index in [0.717, 1.165) is 11.6 Å². The van der Waals surface area contributed by atoms with Gasteiger partial charge >= 0.3 is 0 Å². The zero-order chi connectivity index (χ0) is 17.8. The van der Waals surface area contributed by atoms with E-state index in [1.54, 1.807) is 17.0 Å². The van der Waals surface area contributed by atoms with Crippen molar-refractivity contribution in [3.63, 3.8) is 0 Å². The number of hydrogen-bond acceptors (Lipinski definition) is 3. The van der Waals surface area contributed by atoms with Crippen LogP contribution >= 0.6 is 0 Å². The number of carbonyl (C=O) groups is 1. The summed E-state index contributed by atoms with van der Waals surface area (Å²) in [6.45, 7) is 1.51. The molecule has 0 atom stereocenters. The van der Waals surface area contributed by atoms with Crippen LogP contribution in [0.15, 0.2) is 42.5 Å². The number of benzene rings is 2. The monoisotopic (exact) mass is 346 g/mol. The fourth-order valence-corrected chi connectivity index (χ4v) is 2.89. The average Bonchev–Trinajstić information content (AvgIpc) is 2.64. The van der Waals surface area contributed by atoms with Gasteiger partial charge < -0.3 is 15.4 Å². The van der Waals surface area contributed by atoms with E-state index < -0.39 is 11.6 Å². The van der Waals surface area contributed by atoms with E-state index in [4.69, 9.17) is 10.5 Å². The average molecular weight is 346 g/mol. The van der Waals surface area contributed by atoms with Crippen LogP contribution in [0.25, 0.3) is 0 Å². The van der Waals surface area contributed by atoms with Gasteiger partial charge in [-0.25, -0.2) is 8.78 Å². The third-order valence-corrected chi connectivity index (χ3v) is 4.35. The number of likely N-dealkylation sites (tertiary alicyclic amines) is 1. The summed E-state index contributed by atoms with van der Waals surface area (Å²) in [5.74, 6) is -1.33. The van der Waals surface area contributed by atoms with Crippen molar-refractivity contribution in [2.24, 2.45) is 5.73 Å². The van der Waals surface area contributed by atoms with Gasteiger partial charge in [0.25, 0.3) is 5.91 Å². The first-order valence-electron chi connectivity index (χ1n) is 8.27. The summed E-state index contributed by atoms with van der Waals surface area (Å²) in [5, 5.41) is 0. The van der Waals surface area contributed by atoms with Gasteiger partial charge in [-0.15, -0.1) is 0 Å². The van der Waals surface area contributed by atoms with Crippen LogP contribution in [0.4, 0.5) is 8.78 Å². The smallest absolute Gasteiger partial charge is 0.253 e. The van der Waals surface area contributed by atoms with Crippen molar-refractivity contribution < 1.29 is 18.3 Å². The SMILES string of the molecule is NCc1ccc(C(=O)N2CCC(Oc3ccc(F)cc3F)CC2)cc1. The minimum absolute atomic E-state index is 0.0324. The maximum atomic E-state index is 13.7. The lowest BCUT2D eigenvalue weighted by molar-refractivity contribution is 0.0588. The molecule has 0 unspecified atom stereocenters. The molecule has 3 rings (SSSR count). The van der Waals surface area contributed by atoms with Gasteiger partial charge in [0, 0.05) is 44.1 Å². The van der Waals surface area contributed by atoms with E-state index >= 15 is 0 Å². The molecule has 0 bridgehead atoms. The van der Waals surface area contributed by atoms with Crippen LogP contribution < -0.4 is 10.5 Å². The van der Waals surface area contributed by atoms with Crippen LogP contribution in [0, 0.1) is 11.6 Å². The predicted molar refractivity (Wildman–Crippen MR) is 90.2 cm³/mol. The number of piperidine rings is 1. The Morgan fingerprint density at radius 3 is 2.40 bits per heavy atom. The van der Waals surface area contributed by atoms with Crippen LogP contribution in [0.3, 0.4) is 0 Å². The number of nitrogens with zero attached hydrogens (tertiary/aromatic N) is 1. The summed E-state index contributed by atoms with van der Waals surface area (Å²) in [6, 6.07) is 10.5. The van der Waals surface area contributed by atoms with Gasteiger partial charge in [0.2, 0.25) is 0 Å². The largest absolute Gasteiger partial charge is 0.487 e. The van der Waals surface area contributed by atoms with E-state index in [1.165, 1.54) is 12.1 Å². The quantitative estimate of drug-likeness (QED) is 0.925. The zero-order valence-corrected chi connectivity index (χ0v) is 13.8. The second-order valence-corrected chi connectivity index (χ2v) is 6.09. The highest BCUT2D eigenvalue weighted by Crippen LogP contribution is 2.23. The number of rotatable bonds is 4. The Hall–Kier alpha value is -2.47. The van der Waals surface area contributed by atoms with Crippen molar-refractivity contribution in [1.29, 1.82) is 0 Å². The van der Waals surface area contributed by atoms with Gasteiger partial charge in [-0.2, -0.15) is 0 Å². The van der Waals surface area contributed by atoms with E-state index in [0.29, 0.717) is 38.0 Å². The minimum Gasteiger partial charge on any atom is -0.487 e. The molecule has 6 heteroatoms. The summed E-state index contributed by atoms with van der Waals surface area (Å²) < 4.78 is 32.2. The van der Waals surface area contributed by atoms with Gasteiger partial charge in [0.1, 0.15) is 11.9 Å². The van der Waals surface area contributed by atoms with Crippen LogP contribution in [0.5, 0.6) is 5.75 Å². The molecular formula is C19H20F2N2O2. The third-order valence-electron chi connectivity index (χ3n) is 4.35. The summed E-state index contributed by atoms with van der Waals surface area (Å²) in [7, 11) is 0. The maximum Gasteiger partial charge on any atom is 0.253 e. The summed E-state index contributed by atoms with van der Waals surface area (Å²) in [5.41, 5.74) is 7.16. The van der Waals surface area contributed by atoms with Gasteiger partial charge in [0.15, 0.2) is 11.6 Å².